The average Bonchev–Trinajstić information content (AvgIpc) is 1.64. The van der Waals surface area contributed by atoms with E-state index >= 15 is 0 Å². The third-order valence-electron chi connectivity index (χ3n) is 20.7. The zero-order valence-electron chi connectivity index (χ0n) is 74.4. The van der Waals surface area contributed by atoms with Gasteiger partial charge in [-0.1, -0.05) is 23.7 Å². The van der Waals surface area contributed by atoms with Crippen LogP contribution < -0.4 is 52.3 Å². The summed E-state index contributed by atoms with van der Waals surface area (Å²) in [5.41, 5.74) is 23.3. The first-order valence-electron chi connectivity index (χ1n) is 42.0. The van der Waals surface area contributed by atoms with Gasteiger partial charge < -0.3 is 52.3 Å². The molecule has 0 atom stereocenters. The molecule has 0 fully saturated rings. The molecule has 0 saturated heterocycles. The van der Waals surface area contributed by atoms with E-state index < -0.39 is 47.9 Å². The second kappa shape index (κ2) is 41.2. The van der Waals surface area contributed by atoms with Crippen LogP contribution in [0.15, 0.2) is 255 Å². The minimum atomic E-state index is -4.78. The number of nitriles is 2. The number of nitrogens with two attached hydrogens (primary N) is 2. The van der Waals surface area contributed by atoms with E-state index in [1.54, 1.807) is 132 Å². The summed E-state index contributed by atoms with van der Waals surface area (Å²) in [7, 11) is 1.60. The number of aryl methyl sites for hydroxylation is 5. The van der Waals surface area contributed by atoms with Crippen LogP contribution in [0.4, 0.5) is 130 Å². The molecule has 8 aromatic carbocycles. The maximum atomic E-state index is 13.8. The SMILES string of the molecule is COc1cccc(Nc2cc(C#N)cc(-c3c(C)nc4ccc(F)cn34)n2)c1.Cc1nc2cc(F)c(F)cc2n1-c1cc(N)cc(Nc2ccc(OC(F)(F)F)cc2)n1.Cc1nc2cc(F)c(F)cc2n1-c1cc(N)cc(Nc2ccc(OC(F)F)cc2)n1.Cc1nc2ccc(F)cc2n1-c1cncc(Nc2ccc(Cl)c(F)c2)n1.Cc1nc2ccc(F)cn2c1-c1cc(C#N)cc(Nc2cccc(F)c2)n1. The molecule has 0 aliphatic rings. The van der Waals surface area contributed by atoms with Crippen LogP contribution in [0.2, 0.25) is 5.02 Å². The standard InChI is InChI=1S/C21H16FN5O.C20H14F5N5O.C20H15F4N5O.C20H13F2N5.C18H12ClF2N5/c1-13-21(27-12-15(22)6-7-20(27)24-13)18-8-14(11-23)9-19(26-18)25-16-4-3-5-17(10-16)28-2;1-10-27-16-8-14(21)15(22)9-17(16)30(10)19-7-11(26)6-18(29-19)28-12-2-4-13(5-3-12)31-20(23,24)25;1-10-26-16-8-14(21)15(22)9-17(16)29(10)19-7-11(25)6-18(28-19)27-12-2-4-13(5-3-12)30-20(23)24;1-12-20(27-11-15(22)5-6-19(27)24-12)17-7-13(10-23)8-18(26-17)25-16-4-2-3-14(21)9-16;1-10-23-15-5-2-11(20)6-16(15)26(10)18-9-22-8-17(25-18)24-12-3-4-13(19)14(21)7-12/h3-10,12H,1-2H3,(H,25,26);2-9H,1H3,(H3,26,28,29);2-9,20H,1H3,(H3,25,27,28);2-9,11H,1H3,(H,25,26);2-9H,1H3,(H,24,25). The zero-order valence-corrected chi connectivity index (χ0v) is 75.2. The van der Waals surface area contributed by atoms with E-state index in [1.807, 2.05) is 31.2 Å². The number of nitrogens with zero attached hydrogens (tertiary/aromatic N) is 18. The molecule has 0 amide bonds. The van der Waals surface area contributed by atoms with E-state index in [1.165, 1.54) is 120 Å². The largest absolute Gasteiger partial charge is 0.573 e. The minimum Gasteiger partial charge on any atom is -0.497 e. The van der Waals surface area contributed by atoms with Crippen LogP contribution in [0.3, 0.4) is 0 Å². The number of hydrogen-bond donors (Lipinski definition) is 7. The van der Waals surface area contributed by atoms with Gasteiger partial charge in [0.2, 0.25) is 0 Å². The molecule has 142 heavy (non-hydrogen) atoms. The molecule has 0 aliphatic carbocycles. The number of hydrogen-bond acceptors (Lipinski definition) is 23. The highest BCUT2D eigenvalue weighted by atomic mass is 35.5. The quantitative estimate of drug-likeness (QED) is 0.0370. The second-order valence-corrected chi connectivity index (χ2v) is 31.3. The summed E-state index contributed by atoms with van der Waals surface area (Å²) >= 11 is 5.69. The van der Waals surface area contributed by atoms with Gasteiger partial charge in [0.1, 0.15) is 110 Å². The fraction of sp³-hybridized carbons (Fsp3) is 0.0808. The van der Waals surface area contributed by atoms with Crippen LogP contribution in [0.5, 0.6) is 17.2 Å². The Labute approximate surface area is 799 Å². The molecular formula is C99H70ClF14N25O3. The van der Waals surface area contributed by atoms with Crippen molar-refractivity contribution in [1.29, 1.82) is 10.5 Å². The van der Waals surface area contributed by atoms with Crippen molar-refractivity contribution in [2.24, 2.45) is 0 Å². The molecule has 20 rings (SSSR count). The Morgan fingerprint density at radius 1 is 0.380 bits per heavy atom. The van der Waals surface area contributed by atoms with Crippen molar-refractivity contribution in [1.82, 2.24) is 77.3 Å². The average molecular weight is 1960 g/mol. The van der Waals surface area contributed by atoms with Crippen molar-refractivity contribution in [3.05, 3.63) is 353 Å². The van der Waals surface area contributed by atoms with Crippen LogP contribution >= 0.6 is 11.6 Å². The zero-order chi connectivity index (χ0) is 101. The Bertz CT molecular complexity index is 8270. The van der Waals surface area contributed by atoms with Crippen molar-refractivity contribution in [3.8, 4) is 69.6 Å². The van der Waals surface area contributed by atoms with Gasteiger partial charge in [0.15, 0.2) is 34.9 Å². The molecule has 0 unspecified atom stereocenters. The number of anilines is 12. The van der Waals surface area contributed by atoms with Crippen molar-refractivity contribution in [3.63, 3.8) is 0 Å². The number of pyridine rings is 6. The topological polar surface area (TPSA) is 353 Å². The number of benzene rings is 8. The fourth-order valence-electron chi connectivity index (χ4n) is 14.9. The van der Waals surface area contributed by atoms with Crippen LogP contribution in [0.1, 0.15) is 40.0 Å². The number of nitrogen functional groups attached to an aromatic ring is 2. The number of methoxy groups -OCH3 is 1. The molecule has 0 saturated carbocycles. The summed E-state index contributed by atoms with van der Waals surface area (Å²) in [6.07, 6.45) is 0.955. The number of fused-ring (bicyclic) bond motifs is 5. The first-order valence-corrected chi connectivity index (χ1v) is 42.3. The predicted molar refractivity (Wildman–Crippen MR) is 506 cm³/mol. The molecule has 12 aromatic heterocycles. The fourth-order valence-corrected chi connectivity index (χ4v) is 15.0. The molecular weight excluding hydrogens is 1890 g/mol. The number of imidazole rings is 5. The lowest BCUT2D eigenvalue weighted by Crippen LogP contribution is -2.17. The number of alkyl halides is 5. The Hall–Kier alpha value is -18.5. The van der Waals surface area contributed by atoms with Gasteiger partial charge in [0.25, 0.3) is 0 Å². The summed E-state index contributed by atoms with van der Waals surface area (Å²) in [6, 6.07) is 59.8. The molecule has 0 radical (unpaired) electrons. The molecule has 43 heteroatoms. The highest BCUT2D eigenvalue weighted by molar-refractivity contribution is 6.30. The lowest BCUT2D eigenvalue weighted by molar-refractivity contribution is -0.274. The molecule has 28 nitrogen and oxygen atoms in total. The van der Waals surface area contributed by atoms with Gasteiger partial charge in [-0.25, -0.2) is 89.4 Å². The summed E-state index contributed by atoms with van der Waals surface area (Å²) in [6.45, 7) is 5.83. The molecule has 0 bridgehead atoms. The van der Waals surface area contributed by atoms with E-state index in [-0.39, 0.29) is 50.8 Å². The number of rotatable bonds is 19. The maximum Gasteiger partial charge on any atom is 0.573 e. The van der Waals surface area contributed by atoms with Gasteiger partial charge in [-0.05, 0) is 192 Å². The summed E-state index contributed by atoms with van der Waals surface area (Å²) < 4.78 is 206. The van der Waals surface area contributed by atoms with E-state index in [0.29, 0.717) is 177 Å². The third kappa shape index (κ3) is 22.8. The predicted octanol–water partition coefficient (Wildman–Crippen LogP) is 24.0. The first-order chi connectivity index (χ1) is 68.0. The van der Waals surface area contributed by atoms with Gasteiger partial charge in [0.05, 0.1) is 115 Å². The van der Waals surface area contributed by atoms with E-state index in [0.717, 1.165) is 42.1 Å². The molecule has 9 N–H and O–H groups in total. The Morgan fingerprint density at radius 3 is 1.30 bits per heavy atom. The monoisotopic (exact) mass is 1960 g/mol. The third-order valence-corrected chi connectivity index (χ3v) is 21.0. The maximum absolute atomic E-state index is 13.8. The van der Waals surface area contributed by atoms with Gasteiger partial charge in [-0.3, -0.25) is 27.5 Å². The molecule has 20 aromatic rings. The Morgan fingerprint density at radius 2 is 0.810 bits per heavy atom. The lowest BCUT2D eigenvalue weighted by Gasteiger charge is -2.12. The second-order valence-electron chi connectivity index (χ2n) is 30.9. The van der Waals surface area contributed by atoms with Gasteiger partial charge >= 0.3 is 13.0 Å². The Balaban J connectivity index is 0.000000128. The van der Waals surface area contributed by atoms with E-state index in [4.69, 9.17) is 27.8 Å². The molecule has 0 spiro atoms. The van der Waals surface area contributed by atoms with Crippen LogP contribution in [0, 0.1) is 110 Å². The van der Waals surface area contributed by atoms with Crippen molar-refractivity contribution in [2.45, 2.75) is 47.6 Å². The molecule has 0 aliphatic heterocycles. The normalized spacial score (nSPS) is 11.1. The van der Waals surface area contributed by atoms with Crippen LogP contribution in [-0.2, 0) is 0 Å². The highest BCUT2D eigenvalue weighted by Gasteiger charge is 2.31. The van der Waals surface area contributed by atoms with Gasteiger partial charge in [-0.2, -0.15) is 19.3 Å². The number of halogens is 15. The Kier molecular flexibility index (Phi) is 28.0. The van der Waals surface area contributed by atoms with Crippen molar-refractivity contribution in [2.75, 3.05) is 45.2 Å². The minimum absolute atomic E-state index is 0.0199. The number of nitrogens with one attached hydrogen (secondary N) is 5. The number of aromatic nitrogens is 16. The lowest BCUT2D eigenvalue weighted by atomic mass is 10.1. The smallest absolute Gasteiger partial charge is 0.497 e. The summed E-state index contributed by atoms with van der Waals surface area (Å²) in [4.78, 5) is 48.4. The van der Waals surface area contributed by atoms with Crippen LogP contribution in [-0.4, -0.2) is 97.4 Å². The number of ether oxygens (including phenoxy) is 3. The van der Waals surface area contributed by atoms with Crippen molar-refractivity contribution < 1.29 is 75.7 Å². The van der Waals surface area contributed by atoms with Crippen LogP contribution in [0.25, 0.3) is 84.6 Å². The van der Waals surface area contributed by atoms with Gasteiger partial charge in [-0.15, -0.1) is 13.2 Å². The molecule has 12 heterocycles. The van der Waals surface area contributed by atoms with E-state index in [9.17, 15) is 72.0 Å². The van der Waals surface area contributed by atoms with Gasteiger partial charge in [0, 0.05) is 113 Å². The van der Waals surface area contributed by atoms with E-state index in [2.05, 4.69) is 103 Å². The van der Waals surface area contributed by atoms with Crippen molar-refractivity contribution >= 4 is 125 Å². The summed E-state index contributed by atoms with van der Waals surface area (Å²) in [5, 5.41) is 34.0. The first kappa shape index (κ1) is 96.6. The summed E-state index contributed by atoms with van der Waals surface area (Å²) in [5.74, 6) is -1.18. The highest BCUT2D eigenvalue weighted by Crippen LogP contribution is 2.36. The molecule has 714 valence electrons.